The first-order valence-electron chi connectivity index (χ1n) is 30.4. The summed E-state index contributed by atoms with van der Waals surface area (Å²) in [6.45, 7) is 6.53. The van der Waals surface area contributed by atoms with Crippen LogP contribution < -0.4 is 19.6 Å². The highest BCUT2D eigenvalue weighted by atomic mass is 15.2. The Morgan fingerprint density at radius 3 is 0.622 bits per heavy atom. The van der Waals surface area contributed by atoms with Crippen LogP contribution in [0.2, 0.25) is 0 Å². The van der Waals surface area contributed by atoms with Crippen LogP contribution in [0.5, 0.6) is 0 Å². The van der Waals surface area contributed by atoms with Crippen molar-refractivity contribution in [1.82, 2.24) is 0 Å². The van der Waals surface area contributed by atoms with Gasteiger partial charge in [-0.25, -0.2) is 0 Å². The maximum atomic E-state index is 2.42. The minimum Gasteiger partial charge on any atom is -0.310 e. The van der Waals surface area contributed by atoms with Crippen molar-refractivity contribution in [3.8, 4) is 0 Å². The summed E-state index contributed by atoms with van der Waals surface area (Å²) in [6.07, 6.45) is 26.4. The Labute approximate surface area is 489 Å². The Hall–Kier alpha value is -8.60. The SMILES string of the molecule is Cc1cccc(N(c2ccc(C=C3CCCCC3)cc2)c2ccc(N(c3ccc(N(c4ccc(C=C5CCCCC5)cc4)c4cccc(C)c4)cc3)c3ccc(N(c4ccc(C=C5CCCCC5)cc4)c4cccc(C)c4)cc3)cc2)c1. The second kappa shape index (κ2) is 25.5. The molecule has 0 N–H and O–H groups in total. The van der Waals surface area contributed by atoms with Gasteiger partial charge in [-0.1, -0.05) is 127 Å². The number of hydrogen-bond acceptors (Lipinski definition) is 4. The molecule has 0 saturated heterocycles. The topological polar surface area (TPSA) is 13.0 Å². The molecule has 3 aliphatic carbocycles. The number of nitrogens with zero attached hydrogens (tertiary/aromatic N) is 4. The summed E-state index contributed by atoms with van der Waals surface area (Å²) < 4.78 is 0. The van der Waals surface area contributed by atoms with Crippen LogP contribution in [-0.2, 0) is 0 Å². The van der Waals surface area contributed by atoms with E-state index in [1.807, 2.05) is 0 Å². The summed E-state index contributed by atoms with van der Waals surface area (Å²) in [5.41, 5.74) is 25.6. The third-order valence-electron chi connectivity index (χ3n) is 16.9. The maximum Gasteiger partial charge on any atom is 0.0464 e. The lowest BCUT2D eigenvalue weighted by Crippen LogP contribution is -2.14. The molecule has 82 heavy (non-hydrogen) atoms. The molecule has 0 aromatic heterocycles. The van der Waals surface area contributed by atoms with Gasteiger partial charge in [-0.3, -0.25) is 0 Å². The van der Waals surface area contributed by atoms with Crippen molar-refractivity contribution in [2.24, 2.45) is 0 Å². The van der Waals surface area contributed by atoms with Crippen molar-refractivity contribution in [3.63, 3.8) is 0 Å². The first-order valence-corrected chi connectivity index (χ1v) is 30.4. The average molecular weight is 1070 g/mol. The average Bonchev–Trinajstić information content (AvgIpc) is 3.58. The van der Waals surface area contributed by atoms with Gasteiger partial charge in [0.2, 0.25) is 0 Å². The van der Waals surface area contributed by atoms with Crippen molar-refractivity contribution in [2.75, 3.05) is 19.6 Å². The molecular weight excluding hydrogens is 993 g/mol. The van der Waals surface area contributed by atoms with Crippen molar-refractivity contribution in [3.05, 3.63) is 268 Å². The van der Waals surface area contributed by atoms with Gasteiger partial charge in [0.1, 0.15) is 0 Å². The van der Waals surface area contributed by atoms with Gasteiger partial charge in [0, 0.05) is 68.2 Å². The van der Waals surface area contributed by atoms with Crippen molar-refractivity contribution in [2.45, 2.75) is 117 Å². The minimum absolute atomic E-state index is 1.07. The standard InChI is InChI=1S/C78H78N4/c1-58-16-13-25-76(52-58)80(67-34-28-64(29-35-67)55-61-19-7-4-8-20-61)73-46-40-70(41-47-73)79(71-42-48-74(49-43-71)81(77-26-14-17-59(2)53-77)68-36-30-65(31-37-68)56-62-21-9-5-10-22-62)72-44-50-75(51-45-72)82(78-27-15-18-60(3)54-78)69-38-32-66(33-39-69)57-63-23-11-6-12-24-63/h13-18,25-57H,4-12,19-24H2,1-3H3. The lowest BCUT2D eigenvalue weighted by molar-refractivity contribution is 0.602. The maximum absolute atomic E-state index is 2.42. The molecule has 4 heteroatoms. The summed E-state index contributed by atoms with van der Waals surface area (Å²) in [6, 6.07) is 81.4. The van der Waals surface area contributed by atoms with Crippen LogP contribution in [0.15, 0.2) is 235 Å². The molecule has 0 atom stereocenters. The third kappa shape index (κ3) is 12.9. The van der Waals surface area contributed by atoms with E-state index in [1.165, 1.54) is 130 Å². The van der Waals surface area contributed by atoms with Crippen LogP contribution in [0.4, 0.5) is 68.2 Å². The third-order valence-corrected chi connectivity index (χ3v) is 16.9. The molecule has 0 bridgehead atoms. The van der Waals surface area contributed by atoms with Crippen LogP contribution >= 0.6 is 0 Å². The summed E-state index contributed by atoms with van der Waals surface area (Å²) in [7, 11) is 0. The highest BCUT2D eigenvalue weighted by molar-refractivity contribution is 5.86. The summed E-state index contributed by atoms with van der Waals surface area (Å²) in [5, 5.41) is 0. The van der Waals surface area contributed by atoms with Crippen LogP contribution in [-0.4, -0.2) is 0 Å². The molecule has 0 spiro atoms. The van der Waals surface area contributed by atoms with Crippen molar-refractivity contribution >= 4 is 86.5 Å². The van der Waals surface area contributed by atoms with Crippen LogP contribution in [0.1, 0.15) is 130 Å². The zero-order chi connectivity index (χ0) is 55.6. The largest absolute Gasteiger partial charge is 0.310 e. The Kier molecular flexibility index (Phi) is 16.8. The molecule has 9 aromatic rings. The fourth-order valence-corrected chi connectivity index (χ4v) is 12.7. The van der Waals surface area contributed by atoms with E-state index < -0.39 is 0 Å². The van der Waals surface area contributed by atoms with Gasteiger partial charge in [-0.2, -0.15) is 0 Å². The highest BCUT2D eigenvalue weighted by Crippen LogP contribution is 2.44. The summed E-state index contributed by atoms with van der Waals surface area (Å²) in [4.78, 5) is 9.57. The molecule has 0 radical (unpaired) electrons. The van der Waals surface area contributed by atoms with E-state index in [2.05, 4.69) is 277 Å². The fourth-order valence-electron chi connectivity index (χ4n) is 12.7. The number of anilines is 12. The first-order chi connectivity index (χ1) is 40.3. The summed E-state index contributed by atoms with van der Waals surface area (Å²) >= 11 is 0. The van der Waals surface area contributed by atoms with Gasteiger partial charge in [-0.05, 0) is 277 Å². The minimum atomic E-state index is 1.07. The second-order valence-electron chi connectivity index (χ2n) is 23.3. The van der Waals surface area contributed by atoms with Gasteiger partial charge < -0.3 is 19.6 Å². The van der Waals surface area contributed by atoms with Gasteiger partial charge >= 0.3 is 0 Å². The Morgan fingerprint density at radius 2 is 0.415 bits per heavy atom. The normalized spacial score (nSPS) is 14.5. The molecule has 3 aliphatic rings. The molecule has 0 heterocycles. The quantitative estimate of drug-likeness (QED) is 0.101. The van der Waals surface area contributed by atoms with E-state index in [0.29, 0.717) is 0 Å². The zero-order valence-corrected chi connectivity index (χ0v) is 48.4. The van der Waals surface area contributed by atoms with Crippen LogP contribution in [0.3, 0.4) is 0 Å². The molecule has 3 saturated carbocycles. The molecule has 0 unspecified atom stereocenters. The Bertz CT molecular complexity index is 3260. The first kappa shape index (κ1) is 54.0. The van der Waals surface area contributed by atoms with E-state index in [1.54, 1.807) is 16.7 Å². The monoisotopic (exact) mass is 1070 g/mol. The van der Waals surface area contributed by atoms with Gasteiger partial charge in [0.15, 0.2) is 0 Å². The lowest BCUT2D eigenvalue weighted by Gasteiger charge is -2.30. The number of aryl methyl sites for hydroxylation is 3. The van der Waals surface area contributed by atoms with Crippen LogP contribution in [0, 0.1) is 20.8 Å². The van der Waals surface area contributed by atoms with Gasteiger partial charge in [0.05, 0.1) is 0 Å². The Morgan fingerprint density at radius 1 is 0.220 bits per heavy atom. The summed E-state index contributed by atoms with van der Waals surface area (Å²) in [5.74, 6) is 0. The fraction of sp³-hybridized carbons (Fsp3) is 0.231. The zero-order valence-electron chi connectivity index (χ0n) is 48.4. The Balaban J connectivity index is 0.920. The van der Waals surface area contributed by atoms with E-state index in [0.717, 1.165) is 68.2 Å². The second-order valence-corrected chi connectivity index (χ2v) is 23.3. The molecule has 410 valence electrons. The molecule has 12 rings (SSSR count). The van der Waals surface area contributed by atoms with E-state index >= 15 is 0 Å². The number of hydrogen-bond donors (Lipinski definition) is 0. The predicted molar refractivity (Wildman–Crippen MR) is 353 cm³/mol. The van der Waals surface area contributed by atoms with E-state index in [-0.39, 0.29) is 0 Å². The van der Waals surface area contributed by atoms with Crippen LogP contribution in [0.25, 0.3) is 18.2 Å². The molecule has 4 nitrogen and oxygen atoms in total. The molecule has 9 aromatic carbocycles. The van der Waals surface area contributed by atoms with E-state index in [4.69, 9.17) is 0 Å². The molecule has 0 aliphatic heterocycles. The highest BCUT2D eigenvalue weighted by Gasteiger charge is 2.21. The smallest absolute Gasteiger partial charge is 0.0464 e. The number of benzene rings is 9. The predicted octanol–water partition coefficient (Wildman–Crippen LogP) is 23.5. The van der Waals surface area contributed by atoms with Gasteiger partial charge in [0.25, 0.3) is 0 Å². The molecule has 3 fully saturated rings. The van der Waals surface area contributed by atoms with Gasteiger partial charge in [-0.15, -0.1) is 0 Å². The molecular formula is C78H78N4. The van der Waals surface area contributed by atoms with Crippen molar-refractivity contribution in [1.29, 1.82) is 0 Å². The van der Waals surface area contributed by atoms with E-state index in [9.17, 15) is 0 Å². The number of rotatable bonds is 15. The lowest BCUT2D eigenvalue weighted by atomic mass is 9.93. The number of allylic oxidation sites excluding steroid dienone is 3. The molecule has 0 amide bonds. The van der Waals surface area contributed by atoms with Crippen molar-refractivity contribution < 1.29 is 0 Å².